The van der Waals surface area contributed by atoms with E-state index in [1.165, 1.54) is 44.5 Å². The van der Waals surface area contributed by atoms with Gasteiger partial charge in [0.05, 0.1) is 0 Å². The average Bonchev–Trinajstić information content (AvgIpc) is 3.29. The predicted octanol–water partition coefficient (Wildman–Crippen LogP) is 9.80. The Bertz CT molecular complexity index is 1780. The zero-order valence-corrected chi connectivity index (χ0v) is 24.5. The number of benzene rings is 5. The van der Waals surface area contributed by atoms with Gasteiger partial charge in [-0.05, 0) is 130 Å². The summed E-state index contributed by atoms with van der Waals surface area (Å²) in [5.74, 6) is 0.605. The fraction of sp³-hybridized carbons (Fsp3) is 0.211. The number of hydrogen-bond acceptors (Lipinski definition) is 3. The van der Waals surface area contributed by atoms with Crippen LogP contribution in [0.15, 0.2) is 91.0 Å². The van der Waals surface area contributed by atoms with Crippen LogP contribution in [0, 0.1) is 13.8 Å². The van der Waals surface area contributed by atoms with Crippen LogP contribution in [-0.2, 0) is 10.8 Å². The Morgan fingerprint density at radius 3 is 1.24 bits per heavy atom. The molecule has 7 rings (SSSR count). The first-order chi connectivity index (χ1) is 19.5. The molecule has 41 heavy (non-hydrogen) atoms. The number of phenolic OH excluding ortho intramolecular Hbond substituents is 2. The van der Waals surface area contributed by atoms with Gasteiger partial charge in [-0.1, -0.05) is 58.0 Å². The van der Waals surface area contributed by atoms with E-state index >= 15 is 0 Å². The molecule has 0 aliphatic heterocycles. The summed E-state index contributed by atoms with van der Waals surface area (Å²) in [6, 6.07) is 31.7. The quantitative estimate of drug-likeness (QED) is 0.241. The second-order valence-corrected chi connectivity index (χ2v) is 12.8. The molecule has 0 amide bonds. The van der Waals surface area contributed by atoms with Gasteiger partial charge >= 0.3 is 0 Å². The van der Waals surface area contributed by atoms with Crippen molar-refractivity contribution in [2.24, 2.45) is 0 Å². The zero-order valence-electron chi connectivity index (χ0n) is 24.5. The van der Waals surface area contributed by atoms with Gasteiger partial charge in [0, 0.05) is 27.9 Å². The van der Waals surface area contributed by atoms with Crippen LogP contribution in [0.2, 0.25) is 0 Å². The topological polar surface area (TPSA) is 43.7 Å². The largest absolute Gasteiger partial charge is 0.508 e. The van der Waals surface area contributed by atoms with E-state index in [4.69, 9.17) is 0 Å². The van der Waals surface area contributed by atoms with Crippen LogP contribution in [0.4, 0.5) is 17.1 Å². The Morgan fingerprint density at radius 2 is 0.805 bits per heavy atom. The standard InChI is InChI=1S/C38H35NO2/c1-22-7-8-24(17-23(22)2)39(25-9-13-29-31-15-11-27(40)20-35(31)37(3,4)33(29)18-25)26-10-14-30-32-16-12-28(41)21-36(32)38(5,6)34(30)19-26/h7-21,40-41H,1-6H3. The van der Waals surface area contributed by atoms with E-state index in [2.05, 4.69) is 101 Å². The molecule has 0 radical (unpaired) electrons. The Kier molecular flexibility index (Phi) is 5.28. The molecule has 0 spiro atoms. The summed E-state index contributed by atoms with van der Waals surface area (Å²) in [5, 5.41) is 20.5. The van der Waals surface area contributed by atoms with Gasteiger partial charge in [-0.3, -0.25) is 0 Å². The molecule has 0 saturated carbocycles. The number of aryl methyl sites for hydroxylation is 2. The van der Waals surface area contributed by atoms with Crippen molar-refractivity contribution in [1.82, 2.24) is 0 Å². The van der Waals surface area contributed by atoms with Crippen molar-refractivity contribution in [1.29, 1.82) is 0 Å². The van der Waals surface area contributed by atoms with E-state index in [1.54, 1.807) is 12.1 Å². The number of phenols is 2. The van der Waals surface area contributed by atoms with Gasteiger partial charge in [-0.15, -0.1) is 0 Å². The first-order valence-corrected chi connectivity index (χ1v) is 14.3. The number of aromatic hydroxyl groups is 2. The lowest BCUT2D eigenvalue weighted by molar-refractivity contribution is 0.472. The fourth-order valence-electron chi connectivity index (χ4n) is 7.02. The van der Waals surface area contributed by atoms with Gasteiger partial charge in [0.1, 0.15) is 11.5 Å². The van der Waals surface area contributed by atoms with Crippen LogP contribution >= 0.6 is 0 Å². The number of anilines is 3. The van der Waals surface area contributed by atoms with Crippen LogP contribution in [-0.4, -0.2) is 10.2 Å². The molecule has 2 aliphatic rings. The van der Waals surface area contributed by atoms with Gasteiger partial charge in [0.15, 0.2) is 0 Å². The minimum Gasteiger partial charge on any atom is -0.508 e. The van der Waals surface area contributed by atoms with Crippen molar-refractivity contribution in [3.63, 3.8) is 0 Å². The van der Waals surface area contributed by atoms with Gasteiger partial charge in [0.25, 0.3) is 0 Å². The minimum absolute atomic E-state index is 0.238. The van der Waals surface area contributed by atoms with Crippen molar-refractivity contribution in [2.75, 3.05) is 4.90 Å². The first kappa shape index (κ1) is 25.5. The molecule has 0 saturated heterocycles. The Balaban J connectivity index is 1.42. The Labute approximate surface area is 242 Å². The highest BCUT2D eigenvalue weighted by atomic mass is 16.3. The summed E-state index contributed by atoms with van der Waals surface area (Å²) in [7, 11) is 0. The fourth-order valence-corrected chi connectivity index (χ4v) is 7.02. The van der Waals surface area contributed by atoms with Crippen LogP contribution in [0.25, 0.3) is 22.3 Å². The van der Waals surface area contributed by atoms with Crippen molar-refractivity contribution in [2.45, 2.75) is 52.4 Å². The smallest absolute Gasteiger partial charge is 0.115 e. The number of nitrogens with zero attached hydrogens (tertiary/aromatic N) is 1. The summed E-state index contributed by atoms with van der Waals surface area (Å²) in [6.45, 7) is 13.3. The van der Waals surface area contributed by atoms with E-state index in [-0.39, 0.29) is 10.8 Å². The first-order valence-electron chi connectivity index (χ1n) is 14.3. The van der Waals surface area contributed by atoms with Crippen molar-refractivity contribution in [3.05, 3.63) is 124 Å². The third-order valence-corrected chi connectivity index (χ3v) is 9.55. The molecule has 3 nitrogen and oxygen atoms in total. The molecule has 2 N–H and O–H groups in total. The summed E-state index contributed by atoms with van der Waals surface area (Å²) >= 11 is 0. The SMILES string of the molecule is Cc1ccc(N(c2ccc3c(c2)C(C)(C)c2cc(O)ccc2-3)c2ccc3c(c2)C(C)(C)c2cc(O)ccc2-3)cc1C. The maximum absolute atomic E-state index is 10.3. The van der Waals surface area contributed by atoms with Crippen molar-refractivity contribution >= 4 is 17.1 Å². The summed E-state index contributed by atoms with van der Waals surface area (Å²) < 4.78 is 0. The summed E-state index contributed by atoms with van der Waals surface area (Å²) in [6.07, 6.45) is 0. The van der Waals surface area contributed by atoms with Crippen molar-refractivity contribution < 1.29 is 10.2 Å². The Hall–Kier alpha value is -4.50. The predicted molar refractivity (Wildman–Crippen MR) is 169 cm³/mol. The van der Waals surface area contributed by atoms with Gasteiger partial charge in [0.2, 0.25) is 0 Å². The normalized spacial score (nSPS) is 15.2. The third-order valence-electron chi connectivity index (χ3n) is 9.55. The molecule has 204 valence electrons. The maximum atomic E-state index is 10.3. The lowest BCUT2D eigenvalue weighted by atomic mass is 9.82. The number of hydrogen-bond donors (Lipinski definition) is 2. The molecule has 2 aliphatic carbocycles. The van der Waals surface area contributed by atoms with Crippen LogP contribution in [0.1, 0.15) is 61.1 Å². The van der Waals surface area contributed by atoms with Crippen molar-refractivity contribution in [3.8, 4) is 33.8 Å². The van der Waals surface area contributed by atoms with Gasteiger partial charge < -0.3 is 15.1 Å². The zero-order chi connectivity index (χ0) is 28.8. The summed E-state index contributed by atoms with van der Waals surface area (Å²) in [5.41, 5.74) is 15.0. The molecule has 3 heteroatoms. The Morgan fingerprint density at radius 1 is 0.439 bits per heavy atom. The molecular formula is C38H35NO2. The molecular weight excluding hydrogens is 502 g/mol. The van der Waals surface area contributed by atoms with E-state index in [0.717, 1.165) is 28.2 Å². The third kappa shape index (κ3) is 3.65. The molecule has 0 atom stereocenters. The second kappa shape index (κ2) is 8.50. The lowest BCUT2D eigenvalue weighted by Crippen LogP contribution is -2.18. The molecule has 0 bridgehead atoms. The second-order valence-electron chi connectivity index (χ2n) is 12.8. The molecule has 0 fully saturated rings. The number of rotatable bonds is 3. The van der Waals surface area contributed by atoms with E-state index in [0.29, 0.717) is 11.5 Å². The van der Waals surface area contributed by atoms with Crippen LogP contribution in [0.3, 0.4) is 0 Å². The highest BCUT2D eigenvalue weighted by molar-refractivity contribution is 5.88. The average molecular weight is 538 g/mol. The minimum atomic E-state index is -0.238. The van der Waals surface area contributed by atoms with Crippen LogP contribution in [0.5, 0.6) is 11.5 Å². The van der Waals surface area contributed by atoms with Gasteiger partial charge in [-0.25, -0.2) is 0 Å². The van der Waals surface area contributed by atoms with Gasteiger partial charge in [-0.2, -0.15) is 0 Å². The lowest BCUT2D eigenvalue weighted by Gasteiger charge is -2.30. The van der Waals surface area contributed by atoms with Crippen LogP contribution < -0.4 is 4.90 Å². The molecule has 5 aromatic rings. The van der Waals surface area contributed by atoms with E-state index in [9.17, 15) is 10.2 Å². The highest BCUT2D eigenvalue weighted by Gasteiger charge is 2.38. The molecule has 0 unspecified atom stereocenters. The molecule has 0 heterocycles. The monoisotopic (exact) mass is 537 g/mol. The summed E-state index contributed by atoms with van der Waals surface area (Å²) in [4.78, 5) is 2.36. The maximum Gasteiger partial charge on any atom is 0.115 e. The molecule has 5 aromatic carbocycles. The van der Waals surface area contributed by atoms with E-state index in [1.807, 2.05) is 24.3 Å². The number of fused-ring (bicyclic) bond motifs is 6. The molecule has 0 aromatic heterocycles. The van der Waals surface area contributed by atoms with E-state index < -0.39 is 0 Å². The highest BCUT2D eigenvalue weighted by Crippen LogP contribution is 2.53.